The lowest BCUT2D eigenvalue weighted by Gasteiger charge is -2.24. The first-order valence-electron chi connectivity index (χ1n) is 6.31. The van der Waals surface area contributed by atoms with Crippen molar-refractivity contribution in [2.24, 2.45) is 5.73 Å². The molecule has 1 rings (SSSR count). The summed E-state index contributed by atoms with van der Waals surface area (Å²) in [5.41, 5.74) is 10.0. The summed E-state index contributed by atoms with van der Waals surface area (Å²) in [5.74, 6) is 0. The van der Waals surface area contributed by atoms with Gasteiger partial charge in [0.15, 0.2) is 0 Å². The molecule has 96 valence electrons. The van der Waals surface area contributed by atoms with Gasteiger partial charge < -0.3 is 10.6 Å². The lowest BCUT2D eigenvalue weighted by Crippen LogP contribution is -2.36. The minimum absolute atomic E-state index is 0.0728. The Morgan fingerprint density at radius 1 is 1.24 bits per heavy atom. The van der Waals surface area contributed by atoms with E-state index >= 15 is 0 Å². The molecule has 0 amide bonds. The van der Waals surface area contributed by atoms with Crippen LogP contribution in [-0.2, 0) is 6.54 Å². The molecule has 0 heterocycles. The summed E-state index contributed by atoms with van der Waals surface area (Å²) in [6, 6.07) is 6.66. The summed E-state index contributed by atoms with van der Waals surface area (Å²) in [6.45, 7) is 10.5. The van der Waals surface area contributed by atoms with Gasteiger partial charge in [-0.2, -0.15) is 0 Å². The Morgan fingerprint density at radius 2 is 1.88 bits per heavy atom. The van der Waals surface area contributed by atoms with E-state index in [1.165, 1.54) is 16.7 Å². The number of hydrogen-bond donors (Lipinski definition) is 1. The quantitative estimate of drug-likeness (QED) is 0.849. The summed E-state index contributed by atoms with van der Waals surface area (Å²) >= 11 is 0. The van der Waals surface area contributed by atoms with Crippen molar-refractivity contribution in [3.8, 4) is 0 Å². The molecular formula is C15H26N2. The molecule has 0 fully saturated rings. The van der Waals surface area contributed by atoms with Crippen LogP contribution in [0.2, 0.25) is 0 Å². The zero-order valence-electron chi connectivity index (χ0n) is 11.9. The maximum absolute atomic E-state index is 6.00. The van der Waals surface area contributed by atoms with E-state index < -0.39 is 0 Å². The van der Waals surface area contributed by atoms with Gasteiger partial charge in [0.1, 0.15) is 0 Å². The summed E-state index contributed by atoms with van der Waals surface area (Å²) in [4.78, 5) is 2.34. The predicted molar refractivity (Wildman–Crippen MR) is 75.1 cm³/mol. The molecule has 0 saturated carbocycles. The van der Waals surface area contributed by atoms with Crippen molar-refractivity contribution in [1.82, 2.24) is 4.90 Å². The van der Waals surface area contributed by atoms with Gasteiger partial charge in [0.25, 0.3) is 0 Å². The van der Waals surface area contributed by atoms with Crippen molar-refractivity contribution in [2.45, 2.75) is 46.2 Å². The van der Waals surface area contributed by atoms with Crippen LogP contribution in [0.15, 0.2) is 18.2 Å². The topological polar surface area (TPSA) is 29.3 Å². The summed E-state index contributed by atoms with van der Waals surface area (Å²) in [7, 11) is 2.16. The van der Waals surface area contributed by atoms with Crippen LogP contribution < -0.4 is 5.73 Å². The van der Waals surface area contributed by atoms with Gasteiger partial charge in [-0.05, 0) is 58.8 Å². The van der Waals surface area contributed by atoms with Crippen molar-refractivity contribution in [3.05, 3.63) is 34.9 Å². The second-order valence-electron chi connectivity index (χ2n) is 5.91. The molecule has 0 aliphatic carbocycles. The fourth-order valence-corrected chi connectivity index (χ4v) is 1.87. The number of rotatable bonds is 5. The largest absolute Gasteiger partial charge is 0.326 e. The van der Waals surface area contributed by atoms with Crippen molar-refractivity contribution >= 4 is 0 Å². The zero-order chi connectivity index (χ0) is 13.1. The molecule has 0 atom stereocenters. The van der Waals surface area contributed by atoms with Crippen LogP contribution in [-0.4, -0.2) is 24.0 Å². The molecule has 0 bridgehead atoms. The van der Waals surface area contributed by atoms with Crippen LogP contribution in [0.4, 0.5) is 0 Å². The molecule has 0 aliphatic heterocycles. The van der Waals surface area contributed by atoms with E-state index in [4.69, 9.17) is 5.73 Å². The molecule has 2 nitrogen and oxygen atoms in total. The minimum atomic E-state index is -0.0728. The molecule has 1 aromatic carbocycles. The highest BCUT2D eigenvalue weighted by molar-refractivity contribution is 5.30. The van der Waals surface area contributed by atoms with Crippen LogP contribution in [0.3, 0.4) is 0 Å². The van der Waals surface area contributed by atoms with Crippen LogP contribution in [0.25, 0.3) is 0 Å². The van der Waals surface area contributed by atoms with E-state index in [-0.39, 0.29) is 5.54 Å². The second kappa shape index (κ2) is 5.65. The highest BCUT2D eigenvalue weighted by Gasteiger charge is 2.12. The Morgan fingerprint density at radius 3 is 2.41 bits per heavy atom. The molecule has 0 saturated heterocycles. The first-order valence-corrected chi connectivity index (χ1v) is 6.31. The average molecular weight is 234 g/mol. The number of benzene rings is 1. The molecule has 0 aliphatic rings. The van der Waals surface area contributed by atoms with Gasteiger partial charge in [0, 0.05) is 12.1 Å². The number of nitrogens with zero attached hydrogens (tertiary/aromatic N) is 1. The van der Waals surface area contributed by atoms with E-state index in [1.807, 2.05) is 0 Å². The van der Waals surface area contributed by atoms with Crippen LogP contribution in [0.5, 0.6) is 0 Å². The Hall–Kier alpha value is -0.860. The van der Waals surface area contributed by atoms with Crippen molar-refractivity contribution in [3.63, 3.8) is 0 Å². The highest BCUT2D eigenvalue weighted by Crippen LogP contribution is 2.13. The van der Waals surface area contributed by atoms with Gasteiger partial charge in [-0.3, -0.25) is 0 Å². The third kappa shape index (κ3) is 5.33. The molecular weight excluding hydrogens is 208 g/mol. The van der Waals surface area contributed by atoms with Gasteiger partial charge in [-0.25, -0.2) is 0 Å². The number of aryl methyl sites for hydroxylation is 2. The Bertz CT molecular complexity index is 364. The fraction of sp³-hybridized carbons (Fsp3) is 0.600. The van der Waals surface area contributed by atoms with E-state index in [2.05, 4.69) is 57.8 Å². The molecule has 2 heteroatoms. The van der Waals surface area contributed by atoms with Gasteiger partial charge in [-0.1, -0.05) is 23.8 Å². The van der Waals surface area contributed by atoms with Crippen molar-refractivity contribution in [1.29, 1.82) is 0 Å². The molecule has 0 radical (unpaired) electrons. The van der Waals surface area contributed by atoms with Gasteiger partial charge >= 0.3 is 0 Å². The fourth-order valence-electron chi connectivity index (χ4n) is 1.87. The Balaban J connectivity index is 2.53. The molecule has 2 N–H and O–H groups in total. The van der Waals surface area contributed by atoms with Crippen LogP contribution in [0.1, 0.15) is 37.0 Å². The highest BCUT2D eigenvalue weighted by atomic mass is 15.1. The molecule has 0 aromatic heterocycles. The number of nitrogens with two attached hydrogens (primary N) is 1. The van der Waals surface area contributed by atoms with E-state index in [0.717, 1.165) is 19.5 Å². The maximum atomic E-state index is 6.00. The SMILES string of the molecule is Cc1ccc(CN(C)CCC(C)(C)N)c(C)c1. The van der Waals surface area contributed by atoms with E-state index in [9.17, 15) is 0 Å². The van der Waals surface area contributed by atoms with E-state index in [1.54, 1.807) is 0 Å². The van der Waals surface area contributed by atoms with E-state index in [0.29, 0.717) is 0 Å². The minimum Gasteiger partial charge on any atom is -0.326 e. The normalized spacial score (nSPS) is 12.2. The lowest BCUT2D eigenvalue weighted by molar-refractivity contribution is 0.288. The summed E-state index contributed by atoms with van der Waals surface area (Å²) < 4.78 is 0. The molecule has 0 spiro atoms. The molecule has 0 unspecified atom stereocenters. The number of hydrogen-bond acceptors (Lipinski definition) is 2. The monoisotopic (exact) mass is 234 g/mol. The summed E-state index contributed by atoms with van der Waals surface area (Å²) in [6.07, 6.45) is 1.02. The smallest absolute Gasteiger partial charge is 0.0233 e. The Labute approximate surface area is 106 Å². The molecule has 1 aromatic rings. The van der Waals surface area contributed by atoms with Crippen LogP contribution >= 0.6 is 0 Å². The van der Waals surface area contributed by atoms with Gasteiger partial charge in [0.05, 0.1) is 0 Å². The average Bonchev–Trinajstić information content (AvgIpc) is 2.18. The maximum Gasteiger partial charge on any atom is 0.0233 e. The standard InChI is InChI=1S/C15H26N2/c1-12-6-7-14(13(2)10-12)11-17(5)9-8-15(3,4)16/h6-7,10H,8-9,11,16H2,1-5H3. The second-order valence-corrected chi connectivity index (χ2v) is 5.91. The third-order valence-corrected chi connectivity index (χ3v) is 3.08. The third-order valence-electron chi connectivity index (χ3n) is 3.08. The van der Waals surface area contributed by atoms with Crippen LogP contribution in [0, 0.1) is 13.8 Å². The summed E-state index contributed by atoms with van der Waals surface area (Å²) in [5, 5.41) is 0. The first kappa shape index (κ1) is 14.2. The van der Waals surface area contributed by atoms with Crippen molar-refractivity contribution in [2.75, 3.05) is 13.6 Å². The zero-order valence-corrected chi connectivity index (χ0v) is 11.9. The van der Waals surface area contributed by atoms with Crippen molar-refractivity contribution < 1.29 is 0 Å². The predicted octanol–water partition coefficient (Wildman–Crippen LogP) is 2.86. The first-order chi connectivity index (χ1) is 7.78. The van der Waals surface area contributed by atoms with Gasteiger partial charge in [0.2, 0.25) is 0 Å². The molecule has 17 heavy (non-hydrogen) atoms. The van der Waals surface area contributed by atoms with Gasteiger partial charge in [-0.15, -0.1) is 0 Å². The Kier molecular flexibility index (Phi) is 4.72. The lowest BCUT2D eigenvalue weighted by atomic mass is 10.0.